The summed E-state index contributed by atoms with van der Waals surface area (Å²) in [5, 5.41) is 3.15. The number of nitrogens with one attached hydrogen (secondary N) is 1. The topological polar surface area (TPSA) is 38.3 Å². The van der Waals surface area contributed by atoms with Gasteiger partial charge in [-0.25, -0.2) is 4.79 Å². The van der Waals surface area contributed by atoms with Crippen molar-refractivity contribution < 1.29 is 9.53 Å². The average molecular weight is 207 g/mol. The lowest BCUT2D eigenvalue weighted by molar-refractivity contribution is -0.142. The zero-order chi connectivity index (χ0) is 11.3. The van der Waals surface area contributed by atoms with E-state index in [1.54, 1.807) is 0 Å². The van der Waals surface area contributed by atoms with Crippen molar-refractivity contribution in [3.05, 3.63) is 30.3 Å². The SMILES string of the molecule is COC(=O)C(Nc1ccccc1)C(C)C. The Kier molecular flexibility index (Phi) is 4.16. The van der Waals surface area contributed by atoms with Crippen LogP contribution in [0.25, 0.3) is 0 Å². The van der Waals surface area contributed by atoms with E-state index < -0.39 is 0 Å². The van der Waals surface area contributed by atoms with Crippen molar-refractivity contribution >= 4 is 11.7 Å². The second-order valence-corrected chi connectivity index (χ2v) is 3.76. The molecule has 3 nitrogen and oxygen atoms in total. The smallest absolute Gasteiger partial charge is 0.328 e. The molecule has 15 heavy (non-hydrogen) atoms. The van der Waals surface area contributed by atoms with E-state index in [0.29, 0.717) is 0 Å². The summed E-state index contributed by atoms with van der Waals surface area (Å²) in [5.41, 5.74) is 0.932. The summed E-state index contributed by atoms with van der Waals surface area (Å²) in [4.78, 5) is 11.5. The quantitative estimate of drug-likeness (QED) is 0.770. The molecule has 0 spiro atoms. The molecule has 0 aromatic heterocycles. The molecular weight excluding hydrogens is 190 g/mol. The molecule has 0 radical (unpaired) electrons. The molecule has 0 saturated heterocycles. The molecule has 1 unspecified atom stereocenters. The summed E-state index contributed by atoms with van der Waals surface area (Å²) in [6, 6.07) is 9.36. The Morgan fingerprint density at radius 2 is 1.87 bits per heavy atom. The van der Waals surface area contributed by atoms with Gasteiger partial charge in [0.25, 0.3) is 0 Å². The maximum atomic E-state index is 11.5. The Balaban J connectivity index is 2.72. The van der Waals surface area contributed by atoms with Crippen LogP contribution in [0.5, 0.6) is 0 Å². The lowest BCUT2D eigenvalue weighted by Crippen LogP contribution is -2.35. The van der Waals surface area contributed by atoms with E-state index in [4.69, 9.17) is 4.74 Å². The first-order chi connectivity index (χ1) is 7.15. The van der Waals surface area contributed by atoms with Gasteiger partial charge in [0.2, 0.25) is 0 Å². The molecule has 0 saturated carbocycles. The Hall–Kier alpha value is -1.51. The van der Waals surface area contributed by atoms with E-state index in [1.807, 2.05) is 44.2 Å². The van der Waals surface area contributed by atoms with Crippen molar-refractivity contribution in [1.82, 2.24) is 0 Å². The minimum atomic E-state index is -0.294. The summed E-state index contributed by atoms with van der Waals surface area (Å²) in [5.74, 6) is -0.0356. The molecule has 0 heterocycles. The van der Waals surface area contributed by atoms with Crippen LogP contribution < -0.4 is 5.32 Å². The third-order valence-electron chi connectivity index (χ3n) is 2.22. The number of rotatable bonds is 4. The Bertz CT molecular complexity index is 309. The number of esters is 1. The summed E-state index contributed by atoms with van der Waals surface area (Å²) in [6.45, 7) is 3.97. The van der Waals surface area contributed by atoms with Crippen molar-refractivity contribution in [1.29, 1.82) is 0 Å². The predicted octanol–water partition coefficient (Wildman–Crippen LogP) is 2.30. The van der Waals surface area contributed by atoms with E-state index in [2.05, 4.69) is 5.32 Å². The van der Waals surface area contributed by atoms with Crippen molar-refractivity contribution in [2.75, 3.05) is 12.4 Å². The molecule has 0 amide bonds. The highest BCUT2D eigenvalue weighted by atomic mass is 16.5. The normalized spacial score (nSPS) is 12.3. The number of hydrogen-bond acceptors (Lipinski definition) is 3. The molecule has 0 aliphatic heterocycles. The van der Waals surface area contributed by atoms with Crippen LogP contribution in [0.4, 0.5) is 5.69 Å². The van der Waals surface area contributed by atoms with Crippen LogP contribution in [-0.2, 0) is 9.53 Å². The van der Waals surface area contributed by atoms with Gasteiger partial charge >= 0.3 is 5.97 Å². The van der Waals surface area contributed by atoms with Crippen molar-refractivity contribution in [2.24, 2.45) is 5.92 Å². The molecule has 1 rings (SSSR count). The van der Waals surface area contributed by atoms with Gasteiger partial charge in [0.15, 0.2) is 0 Å². The maximum Gasteiger partial charge on any atom is 0.328 e. The minimum absolute atomic E-state index is 0.192. The zero-order valence-corrected chi connectivity index (χ0v) is 9.36. The number of benzene rings is 1. The molecule has 3 heteroatoms. The van der Waals surface area contributed by atoms with Gasteiger partial charge in [0.05, 0.1) is 7.11 Å². The summed E-state index contributed by atoms with van der Waals surface area (Å²) >= 11 is 0. The zero-order valence-electron chi connectivity index (χ0n) is 9.36. The molecular formula is C12H17NO2. The van der Waals surface area contributed by atoms with Gasteiger partial charge < -0.3 is 10.1 Å². The van der Waals surface area contributed by atoms with Crippen LogP contribution in [0.1, 0.15) is 13.8 Å². The number of anilines is 1. The first-order valence-electron chi connectivity index (χ1n) is 5.04. The molecule has 0 bridgehead atoms. The third kappa shape index (κ3) is 3.27. The Morgan fingerprint density at radius 1 is 1.27 bits per heavy atom. The van der Waals surface area contributed by atoms with Crippen molar-refractivity contribution in [3.63, 3.8) is 0 Å². The Morgan fingerprint density at radius 3 is 2.33 bits per heavy atom. The second-order valence-electron chi connectivity index (χ2n) is 3.76. The number of hydrogen-bond donors (Lipinski definition) is 1. The predicted molar refractivity (Wildman–Crippen MR) is 60.7 cm³/mol. The van der Waals surface area contributed by atoms with Crippen LogP contribution in [0.3, 0.4) is 0 Å². The fourth-order valence-corrected chi connectivity index (χ4v) is 1.34. The van der Waals surface area contributed by atoms with Gasteiger partial charge in [-0.1, -0.05) is 32.0 Å². The highest BCUT2D eigenvalue weighted by Gasteiger charge is 2.22. The monoisotopic (exact) mass is 207 g/mol. The van der Waals surface area contributed by atoms with E-state index in [9.17, 15) is 4.79 Å². The number of carbonyl (C=O) groups excluding carboxylic acids is 1. The maximum absolute atomic E-state index is 11.5. The molecule has 1 atom stereocenters. The lowest BCUT2D eigenvalue weighted by atomic mass is 10.0. The number of methoxy groups -OCH3 is 1. The largest absolute Gasteiger partial charge is 0.467 e. The van der Waals surface area contributed by atoms with Crippen LogP contribution in [0.2, 0.25) is 0 Å². The molecule has 1 aromatic rings. The van der Waals surface area contributed by atoms with Crippen LogP contribution >= 0.6 is 0 Å². The first kappa shape index (κ1) is 11.6. The van der Waals surface area contributed by atoms with Gasteiger partial charge in [0.1, 0.15) is 6.04 Å². The van der Waals surface area contributed by atoms with Gasteiger partial charge in [-0.15, -0.1) is 0 Å². The molecule has 1 N–H and O–H groups in total. The highest BCUT2D eigenvalue weighted by Crippen LogP contribution is 2.13. The minimum Gasteiger partial charge on any atom is -0.467 e. The number of carbonyl (C=O) groups is 1. The van der Waals surface area contributed by atoms with Crippen LogP contribution in [0.15, 0.2) is 30.3 Å². The van der Waals surface area contributed by atoms with Gasteiger partial charge in [-0.2, -0.15) is 0 Å². The molecule has 0 aliphatic carbocycles. The van der Waals surface area contributed by atoms with Crippen LogP contribution in [0, 0.1) is 5.92 Å². The van der Waals surface area contributed by atoms with E-state index in [0.717, 1.165) is 5.69 Å². The fourth-order valence-electron chi connectivity index (χ4n) is 1.34. The van der Waals surface area contributed by atoms with Crippen molar-refractivity contribution in [3.8, 4) is 0 Å². The van der Waals surface area contributed by atoms with E-state index >= 15 is 0 Å². The van der Waals surface area contributed by atoms with Crippen LogP contribution in [-0.4, -0.2) is 19.1 Å². The second kappa shape index (κ2) is 5.39. The van der Waals surface area contributed by atoms with Crippen molar-refractivity contribution in [2.45, 2.75) is 19.9 Å². The molecule has 0 aliphatic rings. The van der Waals surface area contributed by atoms with Gasteiger partial charge in [-0.05, 0) is 18.1 Å². The standard InChI is InChI=1S/C12H17NO2/c1-9(2)11(12(14)15-3)13-10-7-5-4-6-8-10/h4-9,11,13H,1-3H3. The van der Waals surface area contributed by atoms with Gasteiger partial charge in [0, 0.05) is 5.69 Å². The molecule has 0 fully saturated rings. The fraction of sp³-hybridized carbons (Fsp3) is 0.417. The van der Waals surface area contributed by atoms with E-state index in [-0.39, 0.29) is 17.9 Å². The van der Waals surface area contributed by atoms with E-state index in [1.165, 1.54) is 7.11 Å². The number of para-hydroxylation sites is 1. The first-order valence-corrected chi connectivity index (χ1v) is 5.04. The average Bonchev–Trinajstić information content (AvgIpc) is 2.26. The molecule has 1 aromatic carbocycles. The summed E-state index contributed by atoms with van der Waals surface area (Å²) in [6.07, 6.45) is 0. The lowest BCUT2D eigenvalue weighted by Gasteiger charge is -2.20. The summed E-state index contributed by atoms with van der Waals surface area (Å²) < 4.78 is 4.74. The summed E-state index contributed by atoms with van der Waals surface area (Å²) in [7, 11) is 1.41. The van der Waals surface area contributed by atoms with Gasteiger partial charge in [-0.3, -0.25) is 0 Å². The molecule has 82 valence electrons. The Labute approximate surface area is 90.4 Å². The third-order valence-corrected chi connectivity index (χ3v) is 2.22. The highest BCUT2D eigenvalue weighted by molar-refractivity contribution is 5.79. The number of ether oxygens (including phenoxy) is 1.